The number of hydrogen-bond donors (Lipinski definition) is 1. The molecule has 2 heterocycles. The van der Waals surface area contributed by atoms with Crippen LogP contribution in [-0.2, 0) is 0 Å². The molecule has 0 aliphatic carbocycles. The normalized spacial score (nSPS) is 19.4. The standard InChI is InChI=1S/C19H23FN4O2/c1-12-10-15(25)17(22-24(12)14-7-5-4-6-13(14)20)18(26)23-9-8-16(21)19(2,3)11-23/h4-7,10,16H,8-9,11,21H2,1-3H3. The van der Waals surface area contributed by atoms with E-state index in [0.717, 1.165) is 0 Å². The Labute approximate surface area is 151 Å². The van der Waals surface area contributed by atoms with Gasteiger partial charge in [0.05, 0.1) is 0 Å². The summed E-state index contributed by atoms with van der Waals surface area (Å²) in [6.07, 6.45) is 0.659. The van der Waals surface area contributed by atoms with E-state index < -0.39 is 17.2 Å². The number of carbonyl (C=O) groups excluding carboxylic acids is 1. The summed E-state index contributed by atoms with van der Waals surface area (Å²) in [6.45, 7) is 6.56. The zero-order valence-electron chi connectivity index (χ0n) is 15.2. The highest BCUT2D eigenvalue weighted by molar-refractivity contribution is 5.92. The lowest BCUT2D eigenvalue weighted by Gasteiger charge is -2.42. The maximum Gasteiger partial charge on any atom is 0.278 e. The average molecular weight is 358 g/mol. The number of hydrogen-bond acceptors (Lipinski definition) is 4. The molecule has 0 radical (unpaired) electrons. The molecule has 1 aliphatic heterocycles. The minimum atomic E-state index is -0.477. The van der Waals surface area contributed by atoms with Crippen molar-refractivity contribution in [2.75, 3.05) is 13.1 Å². The van der Waals surface area contributed by atoms with Crippen LogP contribution in [0.15, 0.2) is 35.1 Å². The lowest BCUT2D eigenvalue weighted by molar-refractivity contribution is 0.0524. The van der Waals surface area contributed by atoms with Gasteiger partial charge in [-0.2, -0.15) is 5.10 Å². The van der Waals surface area contributed by atoms with E-state index >= 15 is 0 Å². The molecule has 1 amide bonds. The maximum absolute atomic E-state index is 14.1. The first-order chi connectivity index (χ1) is 12.2. The minimum Gasteiger partial charge on any atom is -0.336 e. The van der Waals surface area contributed by atoms with Gasteiger partial charge in [-0.1, -0.05) is 26.0 Å². The lowest BCUT2D eigenvalue weighted by Crippen LogP contribution is -2.54. The van der Waals surface area contributed by atoms with E-state index in [0.29, 0.717) is 25.2 Å². The number of halogens is 1. The molecule has 6 nitrogen and oxygen atoms in total. The second-order valence-electron chi connectivity index (χ2n) is 7.47. The number of para-hydroxylation sites is 1. The van der Waals surface area contributed by atoms with Crippen molar-refractivity contribution in [3.63, 3.8) is 0 Å². The van der Waals surface area contributed by atoms with Gasteiger partial charge in [0.25, 0.3) is 5.91 Å². The fraction of sp³-hybridized carbons (Fsp3) is 0.421. The van der Waals surface area contributed by atoms with Gasteiger partial charge < -0.3 is 10.6 Å². The van der Waals surface area contributed by atoms with Gasteiger partial charge >= 0.3 is 0 Å². The van der Waals surface area contributed by atoms with Crippen molar-refractivity contribution in [3.8, 4) is 5.69 Å². The van der Waals surface area contributed by atoms with Gasteiger partial charge in [-0.05, 0) is 30.9 Å². The first-order valence-corrected chi connectivity index (χ1v) is 8.61. The highest BCUT2D eigenvalue weighted by Gasteiger charge is 2.36. The van der Waals surface area contributed by atoms with Crippen LogP contribution < -0.4 is 11.2 Å². The summed E-state index contributed by atoms with van der Waals surface area (Å²) in [5, 5.41) is 4.19. The molecule has 1 unspecified atom stereocenters. The van der Waals surface area contributed by atoms with Crippen molar-refractivity contribution < 1.29 is 9.18 Å². The van der Waals surface area contributed by atoms with Gasteiger partial charge in [0.1, 0.15) is 11.5 Å². The molecule has 1 atom stereocenters. The van der Waals surface area contributed by atoms with Crippen molar-refractivity contribution in [1.29, 1.82) is 0 Å². The molecule has 1 aromatic heterocycles. The zero-order valence-corrected chi connectivity index (χ0v) is 15.2. The molecule has 1 saturated heterocycles. The Morgan fingerprint density at radius 2 is 2.04 bits per heavy atom. The first kappa shape index (κ1) is 18.3. The van der Waals surface area contributed by atoms with E-state index in [1.165, 1.54) is 16.8 Å². The molecular weight excluding hydrogens is 335 g/mol. The van der Waals surface area contributed by atoms with Gasteiger partial charge in [0, 0.05) is 30.9 Å². The molecule has 1 fully saturated rings. The summed E-state index contributed by atoms with van der Waals surface area (Å²) >= 11 is 0. The van der Waals surface area contributed by atoms with Crippen LogP contribution in [0.1, 0.15) is 36.5 Å². The van der Waals surface area contributed by atoms with Crippen molar-refractivity contribution in [1.82, 2.24) is 14.7 Å². The van der Waals surface area contributed by atoms with Crippen LogP contribution in [0.4, 0.5) is 4.39 Å². The number of piperidine rings is 1. The predicted octanol–water partition coefficient (Wildman–Crippen LogP) is 1.88. The number of carbonyl (C=O) groups is 1. The highest BCUT2D eigenvalue weighted by atomic mass is 19.1. The predicted molar refractivity (Wildman–Crippen MR) is 96.8 cm³/mol. The number of nitrogens with zero attached hydrogens (tertiary/aromatic N) is 3. The molecule has 0 bridgehead atoms. The molecule has 2 aromatic rings. The smallest absolute Gasteiger partial charge is 0.278 e. The third-order valence-electron chi connectivity index (χ3n) is 4.99. The van der Waals surface area contributed by atoms with E-state index in [4.69, 9.17) is 5.73 Å². The molecule has 7 heteroatoms. The zero-order chi connectivity index (χ0) is 19.1. The number of rotatable bonds is 2. The topological polar surface area (TPSA) is 81.2 Å². The van der Waals surface area contributed by atoms with Gasteiger partial charge in [0.15, 0.2) is 5.69 Å². The van der Waals surface area contributed by atoms with Crippen LogP contribution in [0, 0.1) is 18.2 Å². The Morgan fingerprint density at radius 3 is 2.69 bits per heavy atom. The van der Waals surface area contributed by atoms with Crippen molar-refractivity contribution >= 4 is 5.91 Å². The number of nitrogens with two attached hydrogens (primary N) is 1. The van der Waals surface area contributed by atoms with Crippen LogP contribution in [0.3, 0.4) is 0 Å². The van der Waals surface area contributed by atoms with Crippen molar-refractivity contribution in [2.24, 2.45) is 11.1 Å². The average Bonchev–Trinajstić information content (AvgIpc) is 2.58. The molecule has 1 aromatic carbocycles. The van der Waals surface area contributed by atoms with E-state index in [1.54, 1.807) is 30.0 Å². The molecule has 26 heavy (non-hydrogen) atoms. The summed E-state index contributed by atoms with van der Waals surface area (Å²) in [6, 6.07) is 7.41. The summed E-state index contributed by atoms with van der Waals surface area (Å²) in [7, 11) is 0. The number of aryl methyl sites for hydroxylation is 1. The fourth-order valence-electron chi connectivity index (χ4n) is 3.26. The minimum absolute atomic E-state index is 0.00685. The molecular formula is C19H23FN4O2. The Kier molecular flexibility index (Phi) is 4.66. The van der Waals surface area contributed by atoms with Crippen LogP contribution >= 0.6 is 0 Å². The molecule has 1 aliphatic rings. The van der Waals surface area contributed by atoms with Crippen LogP contribution in [0.25, 0.3) is 5.69 Å². The third kappa shape index (κ3) is 3.26. The molecule has 0 spiro atoms. The molecule has 138 valence electrons. The van der Waals surface area contributed by atoms with Gasteiger partial charge in [-0.3, -0.25) is 9.59 Å². The molecule has 2 N–H and O–H groups in total. The SMILES string of the molecule is Cc1cc(=O)c(C(=O)N2CCC(N)C(C)(C)C2)nn1-c1ccccc1F. The summed E-state index contributed by atoms with van der Waals surface area (Å²) in [5.74, 6) is -0.921. The molecule has 3 rings (SSSR count). The van der Waals surface area contributed by atoms with Gasteiger partial charge in [0.2, 0.25) is 5.43 Å². The highest BCUT2D eigenvalue weighted by Crippen LogP contribution is 2.28. The van der Waals surface area contributed by atoms with E-state index in [1.807, 2.05) is 13.8 Å². The van der Waals surface area contributed by atoms with E-state index in [2.05, 4.69) is 5.10 Å². The van der Waals surface area contributed by atoms with Crippen LogP contribution in [0.2, 0.25) is 0 Å². The quantitative estimate of drug-likeness (QED) is 0.889. The second kappa shape index (κ2) is 6.64. The van der Waals surface area contributed by atoms with Gasteiger partial charge in [-0.25, -0.2) is 9.07 Å². The van der Waals surface area contributed by atoms with E-state index in [9.17, 15) is 14.0 Å². The van der Waals surface area contributed by atoms with Crippen molar-refractivity contribution in [2.45, 2.75) is 33.2 Å². The first-order valence-electron chi connectivity index (χ1n) is 8.61. The Morgan fingerprint density at radius 1 is 1.35 bits per heavy atom. The van der Waals surface area contributed by atoms with Crippen LogP contribution in [-0.4, -0.2) is 39.7 Å². The van der Waals surface area contributed by atoms with E-state index in [-0.39, 0.29) is 22.8 Å². The number of aromatic nitrogens is 2. The van der Waals surface area contributed by atoms with Gasteiger partial charge in [-0.15, -0.1) is 0 Å². The Balaban J connectivity index is 2.01. The number of benzene rings is 1. The number of likely N-dealkylation sites (tertiary alicyclic amines) is 1. The summed E-state index contributed by atoms with van der Waals surface area (Å²) in [5.41, 5.74) is 5.85. The van der Waals surface area contributed by atoms with Crippen molar-refractivity contribution in [3.05, 3.63) is 57.8 Å². The Hall–Kier alpha value is -2.54. The monoisotopic (exact) mass is 358 g/mol. The number of amides is 1. The summed E-state index contributed by atoms with van der Waals surface area (Å²) in [4.78, 5) is 26.9. The second-order valence-corrected chi connectivity index (χ2v) is 7.47. The summed E-state index contributed by atoms with van der Waals surface area (Å²) < 4.78 is 15.4. The maximum atomic E-state index is 14.1. The largest absolute Gasteiger partial charge is 0.336 e. The lowest BCUT2D eigenvalue weighted by atomic mass is 9.79. The third-order valence-corrected chi connectivity index (χ3v) is 4.99. The molecule has 0 saturated carbocycles. The van der Waals surface area contributed by atoms with Crippen LogP contribution in [0.5, 0.6) is 0 Å². The fourth-order valence-corrected chi connectivity index (χ4v) is 3.26. The Bertz CT molecular complexity index is 907.